The van der Waals surface area contributed by atoms with E-state index in [1.165, 1.54) is 4.57 Å². The molecule has 0 spiro atoms. The monoisotopic (exact) mass is 363 g/mol. The van der Waals surface area contributed by atoms with Crippen molar-refractivity contribution in [2.24, 2.45) is 0 Å². The molecule has 130 valence electrons. The number of fused-ring (bicyclic) bond motifs is 1. The Morgan fingerprint density at radius 3 is 2.68 bits per heavy atom. The second-order valence-corrected chi connectivity index (χ2v) is 6.25. The minimum atomic E-state index is -2.82. The average molecular weight is 363 g/mol. The van der Waals surface area contributed by atoms with Crippen molar-refractivity contribution in [1.82, 2.24) is 14.8 Å². The highest BCUT2D eigenvalue weighted by Crippen LogP contribution is 2.33. The van der Waals surface area contributed by atoms with Gasteiger partial charge in [-0.2, -0.15) is 0 Å². The van der Waals surface area contributed by atoms with Gasteiger partial charge in [-0.3, -0.25) is 9.36 Å². The predicted molar refractivity (Wildman–Crippen MR) is 91.6 cm³/mol. The molecule has 0 aliphatic carbocycles. The van der Waals surface area contributed by atoms with Gasteiger partial charge >= 0.3 is 5.97 Å². The van der Waals surface area contributed by atoms with Crippen molar-refractivity contribution in [1.29, 1.82) is 0 Å². The van der Waals surface area contributed by atoms with Gasteiger partial charge < -0.3 is 5.11 Å². The number of carboxylic acid groups (broad SMARTS) is 1. The molecule has 3 aromatic rings. The van der Waals surface area contributed by atoms with Crippen molar-refractivity contribution in [3.05, 3.63) is 47.8 Å². The van der Waals surface area contributed by atoms with Crippen LogP contribution in [-0.2, 0) is 11.2 Å². The van der Waals surface area contributed by atoms with Gasteiger partial charge in [-0.1, -0.05) is 55.1 Å². The predicted octanol–water partition coefficient (Wildman–Crippen LogP) is 4.10. The van der Waals surface area contributed by atoms with Gasteiger partial charge in [0.15, 0.2) is 5.16 Å². The van der Waals surface area contributed by atoms with Crippen molar-refractivity contribution < 1.29 is 18.7 Å². The molecule has 0 radical (unpaired) electrons. The fraction of sp³-hybridized carbons (Fsp3) is 0.235. The van der Waals surface area contributed by atoms with Gasteiger partial charge in [0.05, 0.1) is 11.4 Å². The molecular weight excluding hydrogens is 348 g/mol. The second kappa shape index (κ2) is 7.18. The number of aryl methyl sites for hydroxylation is 1. The molecule has 2 aromatic carbocycles. The fourth-order valence-corrected chi connectivity index (χ4v) is 3.37. The van der Waals surface area contributed by atoms with E-state index >= 15 is 0 Å². The molecule has 0 aliphatic rings. The molecule has 0 fully saturated rings. The van der Waals surface area contributed by atoms with Crippen LogP contribution in [0.1, 0.15) is 24.7 Å². The zero-order valence-electron chi connectivity index (χ0n) is 13.3. The van der Waals surface area contributed by atoms with E-state index < -0.39 is 18.2 Å². The molecule has 1 aromatic heterocycles. The van der Waals surface area contributed by atoms with Crippen LogP contribution >= 0.6 is 11.8 Å². The number of halogens is 2. The molecule has 3 rings (SSSR count). The minimum absolute atomic E-state index is 0.142. The maximum atomic E-state index is 13.5. The topological polar surface area (TPSA) is 68.0 Å². The zero-order valence-corrected chi connectivity index (χ0v) is 14.1. The van der Waals surface area contributed by atoms with Gasteiger partial charge in [0.2, 0.25) is 5.82 Å². The number of benzene rings is 2. The normalized spacial score (nSPS) is 11.4. The molecule has 5 nitrogen and oxygen atoms in total. The van der Waals surface area contributed by atoms with E-state index in [9.17, 15) is 13.6 Å². The maximum Gasteiger partial charge on any atom is 0.313 e. The van der Waals surface area contributed by atoms with Crippen LogP contribution in [0.15, 0.2) is 41.6 Å². The standard InChI is InChI=1S/C17H15F2N3O2S/c1-2-10-7-8-11-5-3-4-6-12(11)14(10)22-16(15(18)19)20-21-17(22)25-9-13(23)24/h3-8,15H,2,9H2,1H3,(H,23,24). The Labute approximate surface area is 146 Å². The molecule has 1 heterocycles. The first kappa shape index (κ1) is 17.3. The van der Waals surface area contributed by atoms with Gasteiger partial charge in [-0.15, -0.1) is 10.2 Å². The summed E-state index contributed by atoms with van der Waals surface area (Å²) in [6.45, 7) is 1.93. The summed E-state index contributed by atoms with van der Waals surface area (Å²) in [4.78, 5) is 10.9. The highest BCUT2D eigenvalue weighted by atomic mass is 32.2. The number of carbonyl (C=O) groups is 1. The van der Waals surface area contributed by atoms with Gasteiger partial charge in [-0.25, -0.2) is 8.78 Å². The number of thioether (sulfide) groups is 1. The Bertz CT molecular complexity index is 927. The summed E-state index contributed by atoms with van der Waals surface area (Å²) in [7, 11) is 0. The Morgan fingerprint density at radius 2 is 2.00 bits per heavy atom. The highest BCUT2D eigenvalue weighted by Gasteiger charge is 2.24. The summed E-state index contributed by atoms with van der Waals surface area (Å²) in [5.74, 6) is -1.82. The number of nitrogens with zero attached hydrogens (tertiary/aromatic N) is 3. The third-order valence-corrected chi connectivity index (χ3v) is 4.68. The first-order valence-corrected chi connectivity index (χ1v) is 8.60. The van der Waals surface area contributed by atoms with Crippen LogP contribution in [0.4, 0.5) is 8.78 Å². The molecule has 25 heavy (non-hydrogen) atoms. The molecule has 0 atom stereocenters. The van der Waals surface area contributed by atoms with E-state index in [1.54, 1.807) is 0 Å². The summed E-state index contributed by atoms with van der Waals surface area (Å²) in [5.41, 5.74) is 1.44. The largest absolute Gasteiger partial charge is 0.481 e. The molecule has 0 saturated carbocycles. The number of aromatic nitrogens is 3. The van der Waals surface area contributed by atoms with E-state index in [0.29, 0.717) is 12.1 Å². The zero-order chi connectivity index (χ0) is 18.0. The average Bonchev–Trinajstić information content (AvgIpc) is 3.02. The maximum absolute atomic E-state index is 13.5. The van der Waals surface area contributed by atoms with Gasteiger partial charge in [0.25, 0.3) is 6.43 Å². The van der Waals surface area contributed by atoms with Crippen LogP contribution < -0.4 is 0 Å². The van der Waals surface area contributed by atoms with Crippen LogP contribution in [0.25, 0.3) is 16.5 Å². The van der Waals surface area contributed by atoms with E-state index in [-0.39, 0.29) is 10.9 Å². The number of hydrogen-bond donors (Lipinski definition) is 1. The summed E-state index contributed by atoms with van der Waals surface area (Å²) < 4.78 is 28.3. The molecule has 0 bridgehead atoms. The lowest BCUT2D eigenvalue weighted by Crippen LogP contribution is -2.08. The van der Waals surface area contributed by atoms with E-state index in [0.717, 1.165) is 28.1 Å². The molecule has 0 saturated heterocycles. The van der Waals surface area contributed by atoms with Crippen LogP contribution in [0, 0.1) is 0 Å². The quantitative estimate of drug-likeness (QED) is 0.668. The molecular formula is C17H15F2N3O2S. The second-order valence-electron chi connectivity index (χ2n) is 5.31. The summed E-state index contributed by atoms with van der Waals surface area (Å²) in [5, 5.41) is 18.1. The number of rotatable bonds is 6. The van der Waals surface area contributed by atoms with Crippen LogP contribution in [-0.4, -0.2) is 31.6 Å². The molecule has 1 N–H and O–H groups in total. The lowest BCUT2D eigenvalue weighted by molar-refractivity contribution is -0.133. The van der Waals surface area contributed by atoms with Crippen molar-refractivity contribution in [3.63, 3.8) is 0 Å². The van der Waals surface area contributed by atoms with Crippen LogP contribution in [0.2, 0.25) is 0 Å². The third kappa shape index (κ3) is 3.34. The number of aliphatic carboxylic acids is 1. The van der Waals surface area contributed by atoms with Crippen molar-refractivity contribution in [2.45, 2.75) is 24.9 Å². The Balaban J connectivity index is 2.29. The Hall–Kier alpha value is -2.48. The fourth-order valence-electron chi connectivity index (χ4n) is 2.70. The molecule has 8 heteroatoms. The highest BCUT2D eigenvalue weighted by molar-refractivity contribution is 7.99. The molecule has 0 amide bonds. The summed E-state index contributed by atoms with van der Waals surface area (Å²) >= 11 is 0.872. The SMILES string of the molecule is CCc1ccc2ccccc2c1-n1c(SCC(=O)O)nnc1C(F)F. The first-order chi connectivity index (χ1) is 12.0. The van der Waals surface area contributed by atoms with E-state index in [4.69, 9.17) is 5.11 Å². The van der Waals surface area contributed by atoms with Crippen molar-refractivity contribution in [3.8, 4) is 5.69 Å². The number of hydrogen-bond acceptors (Lipinski definition) is 4. The number of carboxylic acids is 1. The lowest BCUT2D eigenvalue weighted by Gasteiger charge is -2.16. The van der Waals surface area contributed by atoms with E-state index in [2.05, 4.69) is 10.2 Å². The van der Waals surface area contributed by atoms with Gasteiger partial charge in [0, 0.05) is 5.39 Å². The summed E-state index contributed by atoms with van der Waals surface area (Å²) in [6.07, 6.45) is -2.19. The summed E-state index contributed by atoms with van der Waals surface area (Å²) in [6, 6.07) is 11.3. The first-order valence-electron chi connectivity index (χ1n) is 7.62. The van der Waals surface area contributed by atoms with Crippen LogP contribution in [0.3, 0.4) is 0 Å². The Morgan fingerprint density at radius 1 is 1.24 bits per heavy atom. The van der Waals surface area contributed by atoms with Gasteiger partial charge in [-0.05, 0) is 17.4 Å². The van der Waals surface area contributed by atoms with Crippen molar-refractivity contribution >= 4 is 28.5 Å². The number of alkyl halides is 2. The molecule has 0 aliphatic heterocycles. The third-order valence-electron chi connectivity index (χ3n) is 3.77. The lowest BCUT2D eigenvalue weighted by atomic mass is 10.0. The van der Waals surface area contributed by atoms with Gasteiger partial charge in [0.1, 0.15) is 0 Å². The van der Waals surface area contributed by atoms with Crippen LogP contribution in [0.5, 0.6) is 0 Å². The van der Waals surface area contributed by atoms with Crippen molar-refractivity contribution in [2.75, 3.05) is 5.75 Å². The minimum Gasteiger partial charge on any atom is -0.481 e. The smallest absolute Gasteiger partial charge is 0.313 e. The Kier molecular flexibility index (Phi) is 4.98. The van der Waals surface area contributed by atoms with E-state index in [1.807, 2.05) is 43.3 Å². The molecule has 0 unspecified atom stereocenters.